The molecule has 1 aliphatic heterocycles. The van der Waals surface area contributed by atoms with Gasteiger partial charge >= 0.3 is 0 Å². The van der Waals surface area contributed by atoms with Crippen LogP contribution in [0.1, 0.15) is 29.9 Å². The van der Waals surface area contributed by atoms with Gasteiger partial charge in [0.25, 0.3) is 0 Å². The molecule has 0 aliphatic carbocycles. The Hall–Kier alpha value is -1.62. The van der Waals surface area contributed by atoms with Crippen LogP contribution in [0, 0.1) is 6.92 Å². The molecule has 1 N–H and O–H groups in total. The fourth-order valence-electron chi connectivity index (χ4n) is 3.74. The summed E-state index contributed by atoms with van der Waals surface area (Å²) in [5.41, 5.74) is 1.41. The van der Waals surface area contributed by atoms with Gasteiger partial charge in [0.15, 0.2) is 0 Å². The maximum Gasteiger partial charge on any atom is 0.118 e. The largest absolute Gasteiger partial charge is 0.465 e. The Morgan fingerprint density at radius 2 is 1.96 bits per heavy atom. The van der Waals surface area contributed by atoms with Gasteiger partial charge in [-0.15, -0.1) is 0 Å². The predicted molar refractivity (Wildman–Crippen MR) is 101 cm³/mol. The van der Waals surface area contributed by atoms with E-state index in [1.54, 1.807) is 0 Å². The number of hydrogen-bond donors (Lipinski definition) is 1. The van der Waals surface area contributed by atoms with Crippen LogP contribution in [0.2, 0.25) is 0 Å². The SMILES string of the molecule is Cc1ccc(CN2CCN(CCCc3ccccc3)C(CCO)C2)o1. The lowest BCUT2D eigenvalue weighted by molar-refractivity contribution is 0.0513. The van der Waals surface area contributed by atoms with E-state index in [2.05, 4.69) is 46.2 Å². The van der Waals surface area contributed by atoms with Gasteiger partial charge in [0, 0.05) is 32.3 Å². The van der Waals surface area contributed by atoms with Gasteiger partial charge in [-0.05, 0) is 50.4 Å². The third kappa shape index (κ3) is 5.43. The van der Waals surface area contributed by atoms with E-state index in [0.717, 1.165) is 57.1 Å². The van der Waals surface area contributed by atoms with Gasteiger partial charge in [-0.25, -0.2) is 0 Å². The molecule has 1 aromatic heterocycles. The summed E-state index contributed by atoms with van der Waals surface area (Å²) in [6.07, 6.45) is 3.14. The van der Waals surface area contributed by atoms with Crippen molar-refractivity contribution < 1.29 is 9.52 Å². The number of rotatable bonds is 8. The van der Waals surface area contributed by atoms with Crippen molar-refractivity contribution in [1.82, 2.24) is 9.80 Å². The first-order valence-corrected chi connectivity index (χ1v) is 9.41. The van der Waals surface area contributed by atoms with E-state index in [-0.39, 0.29) is 6.61 Å². The van der Waals surface area contributed by atoms with E-state index in [1.165, 1.54) is 12.0 Å². The molecule has 1 aromatic carbocycles. The maximum absolute atomic E-state index is 9.46. The van der Waals surface area contributed by atoms with Gasteiger partial charge in [-0.2, -0.15) is 0 Å². The van der Waals surface area contributed by atoms with E-state index in [9.17, 15) is 5.11 Å². The summed E-state index contributed by atoms with van der Waals surface area (Å²) >= 11 is 0. The first-order valence-electron chi connectivity index (χ1n) is 9.41. The highest BCUT2D eigenvalue weighted by atomic mass is 16.3. The summed E-state index contributed by atoms with van der Waals surface area (Å²) < 4.78 is 5.72. The third-order valence-electron chi connectivity index (χ3n) is 5.08. The Labute approximate surface area is 151 Å². The Morgan fingerprint density at radius 3 is 2.68 bits per heavy atom. The number of hydrogen-bond acceptors (Lipinski definition) is 4. The van der Waals surface area contributed by atoms with Crippen LogP contribution < -0.4 is 0 Å². The molecule has 0 radical (unpaired) electrons. The number of nitrogens with zero attached hydrogens (tertiary/aromatic N) is 2. The molecule has 2 heterocycles. The van der Waals surface area contributed by atoms with Gasteiger partial charge in [-0.3, -0.25) is 9.80 Å². The maximum atomic E-state index is 9.46. The highest BCUT2D eigenvalue weighted by Gasteiger charge is 2.26. The Bertz CT molecular complexity index is 626. The van der Waals surface area contributed by atoms with Crippen LogP contribution >= 0.6 is 0 Å². The molecule has 4 heteroatoms. The fraction of sp³-hybridized carbons (Fsp3) is 0.524. The number of piperazine rings is 1. The zero-order chi connectivity index (χ0) is 17.5. The van der Waals surface area contributed by atoms with Crippen LogP contribution in [0.3, 0.4) is 0 Å². The smallest absolute Gasteiger partial charge is 0.118 e. The molecule has 0 saturated carbocycles. The first-order chi connectivity index (χ1) is 12.2. The molecule has 1 unspecified atom stereocenters. The van der Waals surface area contributed by atoms with Crippen molar-refractivity contribution >= 4 is 0 Å². The minimum atomic E-state index is 0.257. The molecule has 4 nitrogen and oxygen atoms in total. The van der Waals surface area contributed by atoms with Gasteiger partial charge in [0.1, 0.15) is 11.5 Å². The van der Waals surface area contributed by atoms with Crippen molar-refractivity contribution in [3.63, 3.8) is 0 Å². The molecule has 2 aromatic rings. The highest BCUT2D eigenvalue weighted by Crippen LogP contribution is 2.17. The molecule has 3 rings (SSSR count). The van der Waals surface area contributed by atoms with Crippen LogP contribution in [-0.2, 0) is 13.0 Å². The quantitative estimate of drug-likeness (QED) is 0.800. The average molecular weight is 342 g/mol. The van der Waals surface area contributed by atoms with Gasteiger partial charge in [0.05, 0.1) is 6.54 Å². The van der Waals surface area contributed by atoms with Crippen LogP contribution in [0.5, 0.6) is 0 Å². The van der Waals surface area contributed by atoms with Gasteiger partial charge in [-0.1, -0.05) is 30.3 Å². The lowest BCUT2D eigenvalue weighted by Crippen LogP contribution is -2.53. The monoisotopic (exact) mass is 342 g/mol. The third-order valence-corrected chi connectivity index (χ3v) is 5.08. The molecular weight excluding hydrogens is 312 g/mol. The normalized spacial score (nSPS) is 19.4. The van der Waals surface area contributed by atoms with E-state index in [1.807, 2.05) is 13.0 Å². The Kier molecular flexibility index (Phi) is 6.68. The van der Waals surface area contributed by atoms with Gasteiger partial charge < -0.3 is 9.52 Å². The van der Waals surface area contributed by atoms with Crippen molar-refractivity contribution in [3.05, 3.63) is 59.5 Å². The van der Waals surface area contributed by atoms with E-state index >= 15 is 0 Å². The molecule has 1 saturated heterocycles. The van der Waals surface area contributed by atoms with Crippen molar-refractivity contribution in [2.75, 3.05) is 32.8 Å². The van der Waals surface area contributed by atoms with Crippen molar-refractivity contribution in [3.8, 4) is 0 Å². The molecule has 0 amide bonds. The second-order valence-corrected chi connectivity index (χ2v) is 7.04. The summed E-state index contributed by atoms with van der Waals surface area (Å²) in [5, 5.41) is 9.46. The van der Waals surface area contributed by atoms with Crippen molar-refractivity contribution in [1.29, 1.82) is 0 Å². The first kappa shape index (κ1) is 18.2. The van der Waals surface area contributed by atoms with E-state index in [4.69, 9.17) is 4.42 Å². The Morgan fingerprint density at radius 1 is 1.12 bits per heavy atom. The summed E-state index contributed by atoms with van der Waals surface area (Å²) in [5.74, 6) is 2.01. The molecule has 0 bridgehead atoms. The number of aliphatic hydroxyl groups excluding tert-OH is 1. The number of furan rings is 1. The van der Waals surface area contributed by atoms with Crippen LogP contribution in [0.4, 0.5) is 0 Å². The molecule has 1 aliphatic rings. The summed E-state index contributed by atoms with van der Waals surface area (Å²) in [4.78, 5) is 5.01. The molecule has 136 valence electrons. The lowest BCUT2D eigenvalue weighted by atomic mass is 10.1. The van der Waals surface area contributed by atoms with Crippen LogP contribution in [0.15, 0.2) is 46.9 Å². The number of aryl methyl sites for hydroxylation is 2. The second-order valence-electron chi connectivity index (χ2n) is 7.04. The Balaban J connectivity index is 1.49. The summed E-state index contributed by atoms with van der Waals surface area (Å²) in [6, 6.07) is 15.2. The molecule has 25 heavy (non-hydrogen) atoms. The van der Waals surface area contributed by atoms with Crippen molar-refractivity contribution in [2.45, 2.75) is 38.8 Å². The second kappa shape index (κ2) is 9.18. The summed E-state index contributed by atoms with van der Waals surface area (Å²) in [7, 11) is 0. The molecule has 0 spiro atoms. The minimum Gasteiger partial charge on any atom is -0.465 e. The zero-order valence-corrected chi connectivity index (χ0v) is 15.2. The molecular formula is C21H30N2O2. The zero-order valence-electron chi connectivity index (χ0n) is 15.2. The standard InChI is InChI=1S/C21H30N2O2/c1-18-9-10-21(25-18)17-22-13-14-23(20(16-22)11-15-24)12-5-8-19-6-3-2-4-7-19/h2-4,6-7,9-10,20,24H,5,8,11-17H2,1H3. The van der Waals surface area contributed by atoms with E-state index in [0.29, 0.717) is 6.04 Å². The van der Waals surface area contributed by atoms with Crippen LogP contribution in [0.25, 0.3) is 0 Å². The number of benzene rings is 1. The van der Waals surface area contributed by atoms with Crippen LogP contribution in [-0.4, -0.2) is 53.7 Å². The van der Waals surface area contributed by atoms with E-state index < -0.39 is 0 Å². The molecule has 1 fully saturated rings. The predicted octanol–water partition coefficient (Wildman–Crippen LogP) is 3.09. The topological polar surface area (TPSA) is 39.9 Å². The van der Waals surface area contributed by atoms with Crippen molar-refractivity contribution in [2.24, 2.45) is 0 Å². The molecule has 1 atom stereocenters. The van der Waals surface area contributed by atoms with Gasteiger partial charge in [0.2, 0.25) is 0 Å². The summed E-state index contributed by atoms with van der Waals surface area (Å²) in [6.45, 7) is 7.36. The minimum absolute atomic E-state index is 0.257. The number of aliphatic hydroxyl groups is 1. The highest BCUT2D eigenvalue weighted by molar-refractivity contribution is 5.14. The fourth-order valence-corrected chi connectivity index (χ4v) is 3.74. The lowest BCUT2D eigenvalue weighted by Gasteiger charge is -2.41. The average Bonchev–Trinajstić information content (AvgIpc) is 3.03.